The summed E-state index contributed by atoms with van der Waals surface area (Å²) in [6.07, 6.45) is 0. The van der Waals surface area contributed by atoms with Crippen LogP contribution in [0.3, 0.4) is 0 Å². The van der Waals surface area contributed by atoms with Crippen LogP contribution in [0.2, 0.25) is 0 Å². The molecule has 1 fully saturated rings. The molecule has 4 rings (SSSR count). The van der Waals surface area contributed by atoms with Gasteiger partial charge < -0.3 is 9.80 Å². The van der Waals surface area contributed by atoms with Gasteiger partial charge in [-0.05, 0) is 36.1 Å². The van der Waals surface area contributed by atoms with Crippen molar-refractivity contribution in [3.05, 3.63) is 64.4 Å². The highest BCUT2D eigenvalue weighted by Crippen LogP contribution is 2.22. The molecule has 1 amide bonds. The van der Waals surface area contributed by atoms with E-state index in [0.717, 1.165) is 35.0 Å². The van der Waals surface area contributed by atoms with Crippen molar-refractivity contribution in [2.24, 2.45) is 0 Å². The quantitative estimate of drug-likeness (QED) is 0.714. The largest absolute Gasteiger partial charge is 0.352 e. The Kier molecular flexibility index (Phi) is 4.67. The lowest BCUT2D eigenvalue weighted by Gasteiger charge is -2.35. The smallest absolute Gasteiger partial charge is 0.264 e. The zero-order chi connectivity index (χ0) is 17.9. The molecule has 0 saturated carbocycles. The molecule has 0 aliphatic carbocycles. The molecule has 2 aromatic heterocycles. The van der Waals surface area contributed by atoms with E-state index in [0.29, 0.717) is 13.1 Å². The van der Waals surface area contributed by atoms with Crippen molar-refractivity contribution in [3.63, 3.8) is 0 Å². The Morgan fingerprint density at radius 3 is 2.42 bits per heavy atom. The molecular weight excluding hydrogens is 344 g/mol. The fourth-order valence-corrected chi connectivity index (χ4v) is 3.88. The van der Waals surface area contributed by atoms with Crippen LogP contribution in [0.1, 0.15) is 15.2 Å². The second-order valence-electron chi connectivity index (χ2n) is 6.35. The summed E-state index contributed by atoms with van der Waals surface area (Å²) in [6.45, 7) is 5.04. The summed E-state index contributed by atoms with van der Waals surface area (Å²) in [5.74, 6) is 0.992. The van der Waals surface area contributed by atoms with Gasteiger partial charge in [-0.2, -0.15) is 0 Å². The Labute approximate surface area is 156 Å². The lowest BCUT2D eigenvalue weighted by atomic mass is 10.1. The van der Waals surface area contributed by atoms with Crippen molar-refractivity contribution in [1.29, 1.82) is 0 Å². The van der Waals surface area contributed by atoms with Gasteiger partial charge in [0.1, 0.15) is 0 Å². The first-order valence-electron chi connectivity index (χ1n) is 8.70. The van der Waals surface area contributed by atoms with Crippen molar-refractivity contribution < 1.29 is 4.79 Å². The molecule has 0 spiro atoms. The molecule has 1 aliphatic rings. The number of carbonyl (C=O) groups is 1. The van der Waals surface area contributed by atoms with Crippen molar-refractivity contribution in [2.75, 3.05) is 31.1 Å². The van der Waals surface area contributed by atoms with Gasteiger partial charge in [0.2, 0.25) is 0 Å². The zero-order valence-electron chi connectivity index (χ0n) is 14.6. The predicted molar refractivity (Wildman–Crippen MR) is 105 cm³/mol. The van der Waals surface area contributed by atoms with Crippen LogP contribution >= 0.6 is 11.3 Å². The van der Waals surface area contributed by atoms with Crippen LogP contribution in [-0.2, 0) is 0 Å². The molecule has 1 aliphatic heterocycles. The standard InChI is InChI=1S/C20H20N4OS/c1-15-5-2-3-6-16(15)17-8-9-19(22-21-17)23-10-12-24(13-11-23)20(25)18-7-4-14-26-18/h2-9,14H,10-13H2,1H3. The SMILES string of the molecule is Cc1ccccc1-c1ccc(N2CCN(C(=O)c3cccs3)CC2)nn1. The number of hydrogen-bond donors (Lipinski definition) is 0. The summed E-state index contributed by atoms with van der Waals surface area (Å²) < 4.78 is 0. The number of rotatable bonds is 3. The number of carbonyl (C=O) groups excluding carboxylic acids is 1. The Bertz CT molecular complexity index is 884. The van der Waals surface area contributed by atoms with Crippen molar-refractivity contribution in [2.45, 2.75) is 6.92 Å². The highest BCUT2D eigenvalue weighted by atomic mass is 32.1. The lowest BCUT2D eigenvalue weighted by Crippen LogP contribution is -2.48. The van der Waals surface area contributed by atoms with Crippen LogP contribution in [0, 0.1) is 6.92 Å². The first kappa shape index (κ1) is 16.7. The number of anilines is 1. The molecule has 1 saturated heterocycles. The van der Waals surface area contributed by atoms with Crippen LogP contribution in [0.5, 0.6) is 0 Å². The highest BCUT2D eigenvalue weighted by molar-refractivity contribution is 7.12. The van der Waals surface area contributed by atoms with Gasteiger partial charge in [0.15, 0.2) is 5.82 Å². The molecule has 0 radical (unpaired) electrons. The third-order valence-corrected chi connectivity index (χ3v) is 5.55. The third kappa shape index (κ3) is 3.32. The second kappa shape index (κ2) is 7.25. The minimum atomic E-state index is 0.126. The topological polar surface area (TPSA) is 49.3 Å². The van der Waals surface area contributed by atoms with Crippen LogP contribution in [0.4, 0.5) is 5.82 Å². The Morgan fingerprint density at radius 1 is 0.962 bits per heavy atom. The van der Waals surface area contributed by atoms with Gasteiger partial charge in [0.25, 0.3) is 5.91 Å². The summed E-state index contributed by atoms with van der Waals surface area (Å²) in [5, 5.41) is 10.8. The minimum Gasteiger partial charge on any atom is -0.352 e. The molecule has 3 heterocycles. The van der Waals surface area contributed by atoms with Gasteiger partial charge in [-0.3, -0.25) is 4.79 Å². The van der Waals surface area contributed by atoms with Crippen LogP contribution in [0.25, 0.3) is 11.3 Å². The van der Waals surface area contributed by atoms with Crippen LogP contribution in [0.15, 0.2) is 53.9 Å². The van der Waals surface area contributed by atoms with Crippen molar-refractivity contribution >= 4 is 23.1 Å². The average molecular weight is 364 g/mol. The predicted octanol–water partition coefficient (Wildman–Crippen LogP) is 3.48. The molecule has 6 heteroatoms. The summed E-state index contributed by atoms with van der Waals surface area (Å²) in [6, 6.07) is 16.0. The van der Waals surface area contributed by atoms with Gasteiger partial charge in [-0.25, -0.2) is 0 Å². The fraction of sp³-hybridized carbons (Fsp3) is 0.250. The number of benzene rings is 1. The first-order chi connectivity index (χ1) is 12.7. The van der Waals surface area contributed by atoms with E-state index in [4.69, 9.17) is 0 Å². The molecule has 0 bridgehead atoms. The van der Waals surface area contributed by atoms with E-state index in [1.54, 1.807) is 0 Å². The summed E-state index contributed by atoms with van der Waals surface area (Å²) in [4.78, 5) is 17.3. The molecule has 132 valence electrons. The highest BCUT2D eigenvalue weighted by Gasteiger charge is 2.23. The normalized spacial score (nSPS) is 14.5. The number of piperazine rings is 1. The molecule has 0 unspecified atom stereocenters. The molecular formula is C20H20N4OS. The maximum Gasteiger partial charge on any atom is 0.264 e. The molecule has 0 N–H and O–H groups in total. The van der Waals surface area contributed by atoms with Gasteiger partial charge in [0, 0.05) is 31.7 Å². The van der Waals surface area contributed by atoms with Gasteiger partial charge >= 0.3 is 0 Å². The van der Waals surface area contributed by atoms with E-state index in [2.05, 4.69) is 34.2 Å². The van der Waals surface area contributed by atoms with Gasteiger partial charge in [-0.1, -0.05) is 30.3 Å². The first-order valence-corrected chi connectivity index (χ1v) is 9.58. The lowest BCUT2D eigenvalue weighted by molar-refractivity contribution is 0.0751. The number of thiophene rings is 1. The summed E-state index contributed by atoms with van der Waals surface area (Å²) in [7, 11) is 0. The molecule has 3 aromatic rings. The number of aromatic nitrogens is 2. The fourth-order valence-electron chi connectivity index (χ4n) is 3.19. The summed E-state index contributed by atoms with van der Waals surface area (Å²) >= 11 is 1.50. The van der Waals surface area contributed by atoms with Gasteiger partial charge in [0.05, 0.1) is 10.6 Å². The van der Waals surface area contributed by atoms with E-state index < -0.39 is 0 Å². The number of aryl methyl sites for hydroxylation is 1. The van der Waals surface area contributed by atoms with E-state index in [1.165, 1.54) is 16.9 Å². The third-order valence-electron chi connectivity index (χ3n) is 4.69. The maximum absolute atomic E-state index is 12.4. The summed E-state index contributed by atoms with van der Waals surface area (Å²) in [5.41, 5.74) is 3.19. The van der Waals surface area contributed by atoms with E-state index in [9.17, 15) is 4.79 Å². The molecule has 5 nitrogen and oxygen atoms in total. The molecule has 26 heavy (non-hydrogen) atoms. The van der Waals surface area contributed by atoms with E-state index in [1.807, 2.05) is 46.7 Å². The monoisotopic (exact) mass is 364 g/mol. The Morgan fingerprint density at radius 2 is 1.77 bits per heavy atom. The Balaban J connectivity index is 1.42. The minimum absolute atomic E-state index is 0.126. The van der Waals surface area contributed by atoms with E-state index >= 15 is 0 Å². The molecule has 0 atom stereocenters. The molecule has 1 aromatic carbocycles. The van der Waals surface area contributed by atoms with E-state index in [-0.39, 0.29) is 5.91 Å². The van der Waals surface area contributed by atoms with Crippen molar-refractivity contribution in [1.82, 2.24) is 15.1 Å². The van der Waals surface area contributed by atoms with Crippen molar-refractivity contribution in [3.8, 4) is 11.3 Å². The number of hydrogen-bond acceptors (Lipinski definition) is 5. The zero-order valence-corrected chi connectivity index (χ0v) is 15.4. The Hall–Kier alpha value is -2.73. The number of nitrogens with zero attached hydrogens (tertiary/aromatic N) is 4. The van der Waals surface area contributed by atoms with Gasteiger partial charge in [-0.15, -0.1) is 21.5 Å². The second-order valence-corrected chi connectivity index (χ2v) is 7.30. The van der Waals surface area contributed by atoms with Crippen LogP contribution in [-0.4, -0.2) is 47.2 Å². The van der Waals surface area contributed by atoms with Crippen LogP contribution < -0.4 is 4.90 Å². The number of amides is 1. The average Bonchev–Trinajstić information content (AvgIpc) is 3.23. The maximum atomic E-state index is 12.4.